The number of ether oxygens (including phenoxy) is 2. The highest BCUT2D eigenvalue weighted by molar-refractivity contribution is 5.90. The molecule has 18 heavy (non-hydrogen) atoms. The number of carbonyl (C=O) groups excluding carboxylic acids is 1. The number of hydrogen-bond acceptors (Lipinski definition) is 3. The van der Waals surface area contributed by atoms with Gasteiger partial charge < -0.3 is 20.1 Å². The predicted octanol–water partition coefficient (Wildman–Crippen LogP) is 2.30. The Morgan fingerprint density at radius 3 is 2.61 bits per heavy atom. The molecule has 1 aliphatic heterocycles. The largest absolute Gasteiger partial charge is 0.486 e. The van der Waals surface area contributed by atoms with Crippen molar-refractivity contribution in [1.29, 1.82) is 0 Å². The summed E-state index contributed by atoms with van der Waals surface area (Å²) in [4.78, 5) is 11.6. The molecule has 0 aromatic heterocycles. The van der Waals surface area contributed by atoms with Crippen LogP contribution < -0.4 is 20.1 Å². The van der Waals surface area contributed by atoms with Crippen LogP contribution in [0, 0.1) is 6.92 Å². The van der Waals surface area contributed by atoms with Crippen molar-refractivity contribution in [2.75, 3.05) is 25.1 Å². The number of amides is 2. The van der Waals surface area contributed by atoms with Crippen LogP contribution in [0.1, 0.15) is 18.9 Å². The predicted molar refractivity (Wildman–Crippen MR) is 69.5 cm³/mol. The first-order chi connectivity index (χ1) is 8.70. The van der Waals surface area contributed by atoms with E-state index in [4.69, 9.17) is 9.47 Å². The Bertz CT molecular complexity index is 446. The number of hydrogen-bond donors (Lipinski definition) is 2. The highest BCUT2D eigenvalue weighted by Gasteiger charge is 2.15. The first kappa shape index (κ1) is 12.5. The highest BCUT2D eigenvalue weighted by atomic mass is 16.6. The smallest absolute Gasteiger partial charge is 0.319 e. The molecular formula is C13H18N2O3. The van der Waals surface area contributed by atoms with Crippen LogP contribution in [0.25, 0.3) is 0 Å². The molecule has 0 radical (unpaired) electrons. The fourth-order valence-electron chi connectivity index (χ4n) is 1.73. The van der Waals surface area contributed by atoms with Crippen LogP contribution in [0.2, 0.25) is 0 Å². The van der Waals surface area contributed by atoms with Gasteiger partial charge in [0.2, 0.25) is 0 Å². The topological polar surface area (TPSA) is 59.6 Å². The molecule has 0 spiro atoms. The average molecular weight is 250 g/mol. The van der Waals surface area contributed by atoms with E-state index in [9.17, 15) is 4.79 Å². The lowest BCUT2D eigenvalue weighted by molar-refractivity contribution is 0.171. The molecule has 5 heteroatoms. The van der Waals surface area contributed by atoms with E-state index in [2.05, 4.69) is 10.6 Å². The summed E-state index contributed by atoms with van der Waals surface area (Å²) in [5, 5.41) is 5.58. The molecular weight excluding hydrogens is 232 g/mol. The fourth-order valence-corrected chi connectivity index (χ4v) is 1.73. The van der Waals surface area contributed by atoms with E-state index < -0.39 is 0 Å². The first-order valence-corrected chi connectivity index (χ1v) is 6.16. The molecule has 0 atom stereocenters. The minimum atomic E-state index is -0.198. The lowest BCUT2D eigenvalue weighted by Gasteiger charge is -2.20. The maximum Gasteiger partial charge on any atom is 0.319 e. The monoisotopic (exact) mass is 250 g/mol. The molecule has 5 nitrogen and oxygen atoms in total. The first-order valence-electron chi connectivity index (χ1n) is 6.16. The molecule has 2 rings (SSSR count). The number of rotatable bonds is 3. The summed E-state index contributed by atoms with van der Waals surface area (Å²) in [5.41, 5.74) is 1.69. The minimum absolute atomic E-state index is 0.198. The van der Waals surface area contributed by atoms with E-state index in [-0.39, 0.29) is 6.03 Å². The number of aryl methyl sites for hydroxylation is 1. The summed E-state index contributed by atoms with van der Waals surface area (Å²) in [5.74, 6) is 1.41. The van der Waals surface area contributed by atoms with Crippen molar-refractivity contribution < 1.29 is 14.3 Å². The van der Waals surface area contributed by atoms with Gasteiger partial charge in [-0.15, -0.1) is 0 Å². The summed E-state index contributed by atoms with van der Waals surface area (Å²) in [6.07, 6.45) is 0.910. The van der Waals surface area contributed by atoms with Crippen LogP contribution in [0.5, 0.6) is 11.5 Å². The molecule has 1 aliphatic rings. The van der Waals surface area contributed by atoms with Gasteiger partial charge in [-0.3, -0.25) is 0 Å². The minimum Gasteiger partial charge on any atom is -0.486 e. The number of anilines is 1. The van der Waals surface area contributed by atoms with Crippen molar-refractivity contribution in [3.63, 3.8) is 0 Å². The van der Waals surface area contributed by atoms with Crippen LogP contribution >= 0.6 is 0 Å². The van der Waals surface area contributed by atoms with Crippen molar-refractivity contribution in [3.8, 4) is 11.5 Å². The standard InChI is InChI=1S/C13H18N2O3/c1-3-4-14-13(16)15-10-8-12-11(7-9(10)2)17-5-6-18-12/h7-8H,3-6H2,1-2H3,(H2,14,15,16). The van der Waals surface area contributed by atoms with Crippen LogP contribution in [-0.2, 0) is 0 Å². The van der Waals surface area contributed by atoms with E-state index in [1.165, 1.54) is 0 Å². The lowest BCUT2D eigenvalue weighted by Crippen LogP contribution is -2.29. The Morgan fingerprint density at radius 2 is 1.94 bits per heavy atom. The quantitative estimate of drug-likeness (QED) is 0.865. The van der Waals surface area contributed by atoms with Gasteiger partial charge >= 0.3 is 6.03 Å². The molecule has 0 saturated carbocycles. The summed E-state index contributed by atoms with van der Waals surface area (Å²) in [6, 6.07) is 3.48. The number of carbonyl (C=O) groups is 1. The SMILES string of the molecule is CCCNC(=O)Nc1cc2c(cc1C)OCCO2. The fraction of sp³-hybridized carbons (Fsp3) is 0.462. The average Bonchev–Trinajstić information content (AvgIpc) is 2.37. The number of nitrogens with one attached hydrogen (secondary N) is 2. The second-order valence-electron chi connectivity index (χ2n) is 4.19. The van der Waals surface area contributed by atoms with Crippen LogP contribution in [0.4, 0.5) is 10.5 Å². The third-order valence-corrected chi connectivity index (χ3v) is 2.67. The third-order valence-electron chi connectivity index (χ3n) is 2.67. The number of fused-ring (bicyclic) bond motifs is 1. The van der Waals surface area contributed by atoms with E-state index in [0.29, 0.717) is 25.5 Å². The van der Waals surface area contributed by atoms with E-state index in [1.54, 1.807) is 6.07 Å². The molecule has 2 amide bonds. The van der Waals surface area contributed by atoms with Crippen molar-refractivity contribution in [2.45, 2.75) is 20.3 Å². The van der Waals surface area contributed by atoms with Gasteiger partial charge in [0.15, 0.2) is 11.5 Å². The maximum atomic E-state index is 11.6. The van der Waals surface area contributed by atoms with Gasteiger partial charge in [-0.2, -0.15) is 0 Å². The van der Waals surface area contributed by atoms with Crippen LogP contribution in [-0.4, -0.2) is 25.8 Å². The van der Waals surface area contributed by atoms with Gasteiger partial charge in [0, 0.05) is 18.3 Å². The second-order valence-corrected chi connectivity index (χ2v) is 4.19. The normalized spacial score (nSPS) is 13.0. The Morgan fingerprint density at radius 1 is 1.28 bits per heavy atom. The second kappa shape index (κ2) is 5.62. The van der Waals surface area contributed by atoms with Crippen molar-refractivity contribution >= 4 is 11.7 Å². The van der Waals surface area contributed by atoms with Gasteiger partial charge in [0.05, 0.1) is 0 Å². The maximum absolute atomic E-state index is 11.6. The van der Waals surface area contributed by atoms with Gasteiger partial charge in [-0.05, 0) is 25.0 Å². The molecule has 2 N–H and O–H groups in total. The van der Waals surface area contributed by atoms with Crippen molar-refractivity contribution in [3.05, 3.63) is 17.7 Å². The Labute approximate surface area is 106 Å². The Balaban J connectivity index is 2.10. The summed E-state index contributed by atoms with van der Waals surface area (Å²) >= 11 is 0. The zero-order valence-corrected chi connectivity index (χ0v) is 10.7. The summed E-state index contributed by atoms with van der Waals surface area (Å²) in [6.45, 7) is 5.70. The zero-order valence-electron chi connectivity index (χ0n) is 10.7. The molecule has 1 heterocycles. The Hall–Kier alpha value is -1.91. The Kier molecular flexibility index (Phi) is 3.92. The van der Waals surface area contributed by atoms with Gasteiger partial charge in [-0.25, -0.2) is 4.79 Å². The van der Waals surface area contributed by atoms with Gasteiger partial charge in [0.25, 0.3) is 0 Å². The molecule has 98 valence electrons. The molecule has 1 aromatic carbocycles. The molecule has 1 aromatic rings. The molecule has 0 aliphatic carbocycles. The van der Waals surface area contributed by atoms with Gasteiger partial charge in [-0.1, -0.05) is 6.92 Å². The number of urea groups is 1. The lowest BCUT2D eigenvalue weighted by atomic mass is 10.1. The zero-order chi connectivity index (χ0) is 13.0. The molecule has 0 unspecified atom stereocenters. The van der Waals surface area contributed by atoms with Crippen molar-refractivity contribution in [2.24, 2.45) is 0 Å². The molecule has 0 saturated heterocycles. The van der Waals surface area contributed by atoms with E-state index >= 15 is 0 Å². The third kappa shape index (κ3) is 2.85. The van der Waals surface area contributed by atoms with Gasteiger partial charge in [0.1, 0.15) is 13.2 Å². The molecule has 0 bridgehead atoms. The summed E-state index contributed by atoms with van der Waals surface area (Å²) < 4.78 is 11.0. The molecule has 0 fully saturated rings. The van der Waals surface area contributed by atoms with Crippen LogP contribution in [0.15, 0.2) is 12.1 Å². The van der Waals surface area contributed by atoms with E-state index in [1.807, 2.05) is 19.9 Å². The summed E-state index contributed by atoms with van der Waals surface area (Å²) in [7, 11) is 0. The van der Waals surface area contributed by atoms with Crippen LogP contribution in [0.3, 0.4) is 0 Å². The highest BCUT2D eigenvalue weighted by Crippen LogP contribution is 2.35. The van der Waals surface area contributed by atoms with E-state index in [0.717, 1.165) is 23.4 Å². The number of benzene rings is 1. The van der Waals surface area contributed by atoms with Crippen molar-refractivity contribution in [1.82, 2.24) is 5.32 Å².